The van der Waals surface area contributed by atoms with Crippen molar-refractivity contribution in [2.24, 2.45) is 0 Å². The highest BCUT2D eigenvalue weighted by Crippen LogP contribution is 2.23. The maximum atomic E-state index is 13.1. The van der Waals surface area contributed by atoms with Crippen LogP contribution in [0.15, 0.2) is 34.9 Å². The molecule has 1 aromatic carbocycles. The summed E-state index contributed by atoms with van der Waals surface area (Å²) in [6.07, 6.45) is 1.14. The molecule has 0 bridgehead atoms. The molecule has 0 saturated heterocycles. The first-order valence-corrected chi connectivity index (χ1v) is 3.89. The van der Waals surface area contributed by atoms with E-state index in [0.717, 1.165) is 0 Å². The van der Waals surface area contributed by atoms with Gasteiger partial charge in [0.05, 0.1) is 0 Å². The molecule has 14 heavy (non-hydrogen) atoms. The molecule has 0 radical (unpaired) electrons. The molecule has 0 spiro atoms. The Morgan fingerprint density at radius 2 is 2.14 bits per heavy atom. The summed E-state index contributed by atoms with van der Waals surface area (Å²) >= 11 is 0. The van der Waals surface area contributed by atoms with Crippen LogP contribution >= 0.6 is 0 Å². The molecule has 4 nitrogen and oxygen atoms in total. The third-order valence-electron chi connectivity index (χ3n) is 1.53. The summed E-state index contributed by atoms with van der Waals surface area (Å²) in [7, 11) is 0. The average molecular weight is 194 g/mol. The van der Waals surface area contributed by atoms with Crippen molar-refractivity contribution in [1.82, 2.24) is 4.98 Å². The van der Waals surface area contributed by atoms with Crippen LogP contribution in [0.3, 0.4) is 0 Å². The molecule has 0 fully saturated rings. The van der Waals surface area contributed by atoms with Crippen LogP contribution < -0.4 is 10.5 Å². The maximum absolute atomic E-state index is 13.1. The number of aromatic nitrogens is 1. The molecule has 0 saturated carbocycles. The zero-order valence-corrected chi connectivity index (χ0v) is 7.11. The van der Waals surface area contributed by atoms with Crippen LogP contribution in [0.1, 0.15) is 0 Å². The van der Waals surface area contributed by atoms with Gasteiger partial charge in [0.15, 0.2) is 17.4 Å². The first-order valence-electron chi connectivity index (χ1n) is 3.89. The molecule has 0 amide bonds. The van der Waals surface area contributed by atoms with Gasteiger partial charge in [-0.2, -0.15) is 4.98 Å². The predicted octanol–water partition coefficient (Wildman–Crippen LogP) is 2.19. The maximum Gasteiger partial charge on any atom is 0.401 e. The second-order valence-electron chi connectivity index (χ2n) is 2.57. The predicted molar refractivity (Wildman–Crippen MR) is 47.4 cm³/mol. The zero-order chi connectivity index (χ0) is 9.97. The standard InChI is InChI=1S/C9H7FN2O2/c10-6-3-1-2-4-7(6)14-9-12-8(11)5-13-9/h1-5H,11H2. The molecule has 2 rings (SSSR count). The largest absolute Gasteiger partial charge is 0.415 e. The van der Waals surface area contributed by atoms with Gasteiger partial charge >= 0.3 is 6.08 Å². The summed E-state index contributed by atoms with van der Waals surface area (Å²) < 4.78 is 22.9. The van der Waals surface area contributed by atoms with Crippen molar-refractivity contribution in [2.75, 3.05) is 5.73 Å². The Labute approximate surface area is 79.1 Å². The fourth-order valence-corrected chi connectivity index (χ4v) is 0.937. The summed E-state index contributed by atoms with van der Waals surface area (Å²) in [4.78, 5) is 3.67. The van der Waals surface area contributed by atoms with E-state index >= 15 is 0 Å². The quantitative estimate of drug-likeness (QED) is 0.795. The van der Waals surface area contributed by atoms with Gasteiger partial charge in [-0.15, -0.1) is 0 Å². The molecule has 5 heteroatoms. The molecular weight excluding hydrogens is 187 g/mol. The van der Waals surface area contributed by atoms with Crippen LogP contribution in [0, 0.1) is 5.82 Å². The van der Waals surface area contributed by atoms with Crippen molar-refractivity contribution in [2.45, 2.75) is 0 Å². The Bertz CT molecular complexity index is 442. The topological polar surface area (TPSA) is 61.3 Å². The molecule has 2 N–H and O–H groups in total. The average Bonchev–Trinajstić information content (AvgIpc) is 2.56. The van der Waals surface area contributed by atoms with Crippen LogP contribution in [0.25, 0.3) is 0 Å². The minimum atomic E-state index is -0.482. The van der Waals surface area contributed by atoms with E-state index in [4.69, 9.17) is 14.9 Å². The molecular formula is C9H7FN2O2. The molecule has 72 valence electrons. The molecule has 2 aromatic rings. The Balaban J connectivity index is 2.23. The van der Waals surface area contributed by atoms with Gasteiger partial charge in [-0.25, -0.2) is 4.39 Å². The van der Waals surface area contributed by atoms with Crippen LogP contribution in [0.2, 0.25) is 0 Å². The molecule has 0 aliphatic heterocycles. The van der Waals surface area contributed by atoms with Gasteiger partial charge in [0.2, 0.25) is 0 Å². The summed E-state index contributed by atoms with van der Waals surface area (Å²) in [5.41, 5.74) is 5.29. The normalized spacial score (nSPS) is 10.1. The van der Waals surface area contributed by atoms with E-state index in [-0.39, 0.29) is 17.6 Å². The van der Waals surface area contributed by atoms with Crippen molar-refractivity contribution in [3.8, 4) is 11.8 Å². The van der Waals surface area contributed by atoms with Crippen LogP contribution in [0.5, 0.6) is 11.8 Å². The van der Waals surface area contributed by atoms with E-state index in [9.17, 15) is 4.39 Å². The zero-order valence-electron chi connectivity index (χ0n) is 7.11. The highest BCUT2D eigenvalue weighted by Gasteiger charge is 2.07. The number of hydrogen-bond donors (Lipinski definition) is 1. The van der Waals surface area contributed by atoms with Crippen molar-refractivity contribution < 1.29 is 13.5 Å². The minimum absolute atomic E-state index is 0.0503. The second kappa shape index (κ2) is 3.37. The Morgan fingerprint density at radius 3 is 2.79 bits per heavy atom. The van der Waals surface area contributed by atoms with Crippen molar-refractivity contribution >= 4 is 5.82 Å². The number of nitrogen functional groups attached to an aromatic ring is 1. The lowest BCUT2D eigenvalue weighted by Crippen LogP contribution is -1.88. The first-order chi connectivity index (χ1) is 6.75. The lowest BCUT2D eigenvalue weighted by atomic mass is 10.3. The fraction of sp³-hybridized carbons (Fsp3) is 0. The lowest BCUT2D eigenvalue weighted by Gasteiger charge is -2.00. The number of benzene rings is 1. The molecule has 0 aliphatic rings. The van der Waals surface area contributed by atoms with Gasteiger partial charge in [0.25, 0.3) is 0 Å². The summed E-state index contributed by atoms with van der Waals surface area (Å²) in [5, 5.41) is 0. The third kappa shape index (κ3) is 1.66. The summed E-state index contributed by atoms with van der Waals surface area (Å²) in [5.74, 6) is -0.241. The molecule has 0 atom stereocenters. The Kier molecular flexibility index (Phi) is 2.06. The first kappa shape index (κ1) is 8.55. The number of oxazole rings is 1. The number of rotatable bonds is 2. The van der Waals surface area contributed by atoms with E-state index in [1.807, 2.05) is 0 Å². The van der Waals surface area contributed by atoms with Crippen molar-refractivity contribution in [3.63, 3.8) is 0 Å². The van der Waals surface area contributed by atoms with Crippen LogP contribution in [-0.2, 0) is 0 Å². The monoisotopic (exact) mass is 194 g/mol. The van der Waals surface area contributed by atoms with E-state index in [1.165, 1.54) is 18.4 Å². The third-order valence-corrected chi connectivity index (χ3v) is 1.53. The van der Waals surface area contributed by atoms with E-state index < -0.39 is 5.82 Å². The Morgan fingerprint density at radius 1 is 1.36 bits per heavy atom. The van der Waals surface area contributed by atoms with Gasteiger partial charge in [0.1, 0.15) is 6.26 Å². The Hall–Kier alpha value is -2.04. The van der Waals surface area contributed by atoms with E-state index in [2.05, 4.69) is 4.98 Å². The minimum Gasteiger partial charge on any atom is -0.415 e. The number of para-hydroxylation sites is 1. The van der Waals surface area contributed by atoms with Gasteiger partial charge < -0.3 is 14.9 Å². The lowest BCUT2D eigenvalue weighted by molar-refractivity contribution is 0.318. The highest BCUT2D eigenvalue weighted by molar-refractivity contribution is 5.28. The van der Waals surface area contributed by atoms with Gasteiger partial charge in [0, 0.05) is 0 Å². The summed E-state index contributed by atoms with van der Waals surface area (Å²) in [6, 6.07) is 5.95. The van der Waals surface area contributed by atoms with Gasteiger partial charge in [-0.1, -0.05) is 12.1 Å². The molecule has 1 aromatic heterocycles. The van der Waals surface area contributed by atoms with Crippen molar-refractivity contribution in [3.05, 3.63) is 36.3 Å². The number of nitrogens with zero attached hydrogens (tertiary/aromatic N) is 1. The smallest absolute Gasteiger partial charge is 0.401 e. The number of ether oxygens (including phenoxy) is 1. The van der Waals surface area contributed by atoms with Crippen LogP contribution in [0.4, 0.5) is 10.2 Å². The van der Waals surface area contributed by atoms with Gasteiger partial charge in [-0.05, 0) is 12.1 Å². The number of anilines is 1. The van der Waals surface area contributed by atoms with E-state index in [1.54, 1.807) is 12.1 Å². The van der Waals surface area contributed by atoms with Crippen molar-refractivity contribution in [1.29, 1.82) is 0 Å². The summed E-state index contributed by atoms with van der Waals surface area (Å²) in [6.45, 7) is 0. The number of halogens is 1. The van der Waals surface area contributed by atoms with Crippen LogP contribution in [-0.4, -0.2) is 4.98 Å². The molecule has 0 unspecified atom stereocenters. The fourth-order valence-electron chi connectivity index (χ4n) is 0.937. The highest BCUT2D eigenvalue weighted by atomic mass is 19.1. The van der Waals surface area contributed by atoms with Gasteiger partial charge in [-0.3, -0.25) is 0 Å². The number of hydrogen-bond acceptors (Lipinski definition) is 4. The molecule has 0 aliphatic carbocycles. The SMILES string of the molecule is Nc1coc(Oc2ccccc2F)n1. The second-order valence-corrected chi connectivity index (χ2v) is 2.57. The van der Waals surface area contributed by atoms with E-state index in [0.29, 0.717) is 0 Å². The number of nitrogens with two attached hydrogens (primary N) is 1. The molecule has 1 heterocycles.